The summed E-state index contributed by atoms with van der Waals surface area (Å²) in [5.41, 5.74) is 1.55. The minimum absolute atomic E-state index is 0.213. The lowest BCUT2D eigenvalue weighted by Gasteiger charge is -2.14. The zero-order chi connectivity index (χ0) is 15.3. The van der Waals surface area contributed by atoms with Crippen LogP contribution in [0.2, 0.25) is 0 Å². The van der Waals surface area contributed by atoms with Gasteiger partial charge in [-0.1, -0.05) is 12.1 Å². The first-order valence-electron chi connectivity index (χ1n) is 6.28. The van der Waals surface area contributed by atoms with Crippen LogP contribution >= 0.6 is 0 Å². The molecule has 21 heavy (non-hydrogen) atoms. The highest BCUT2D eigenvalue weighted by Crippen LogP contribution is 2.32. The fourth-order valence-corrected chi connectivity index (χ4v) is 1.75. The fourth-order valence-electron chi connectivity index (χ4n) is 1.75. The average molecular weight is 297 g/mol. The van der Waals surface area contributed by atoms with Crippen molar-refractivity contribution in [3.63, 3.8) is 0 Å². The zero-order valence-corrected chi connectivity index (χ0v) is 11.2. The average Bonchev–Trinajstić information content (AvgIpc) is 2.40. The van der Waals surface area contributed by atoms with Gasteiger partial charge in [-0.3, -0.25) is 4.98 Å². The number of rotatable bonds is 5. The van der Waals surface area contributed by atoms with Crippen LogP contribution in [0.15, 0.2) is 42.7 Å². The number of aromatic nitrogens is 1. The fraction of sp³-hybridized carbons (Fsp3) is 0.214. The number of nitrogens with one attached hydrogen (secondary N) is 2. The Labute approximate surface area is 120 Å². The molecule has 112 valence electrons. The minimum Gasteiger partial charge on any atom is -0.404 e. The van der Waals surface area contributed by atoms with E-state index < -0.39 is 6.36 Å². The van der Waals surface area contributed by atoms with E-state index in [9.17, 15) is 13.2 Å². The van der Waals surface area contributed by atoms with Gasteiger partial charge in [0.15, 0.2) is 5.75 Å². The van der Waals surface area contributed by atoms with Crippen LogP contribution in [0.1, 0.15) is 6.92 Å². The van der Waals surface area contributed by atoms with Crippen molar-refractivity contribution in [3.8, 4) is 5.75 Å². The summed E-state index contributed by atoms with van der Waals surface area (Å²) >= 11 is 0. The van der Waals surface area contributed by atoms with Crippen molar-refractivity contribution < 1.29 is 17.9 Å². The summed E-state index contributed by atoms with van der Waals surface area (Å²) in [6, 6.07) is 7.59. The molecule has 0 aliphatic heterocycles. The summed E-state index contributed by atoms with van der Waals surface area (Å²) in [6.45, 7) is 2.66. The maximum Gasteiger partial charge on any atom is 0.573 e. The Morgan fingerprint density at radius 2 is 1.86 bits per heavy atom. The molecule has 4 nitrogen and oxygen atoms in total. The van der Waals surface area contributed by atoms with E-state index >= 15 is 0 Å². The number of benzene rings is 1. The second-order valence-corrected chi connectivity index (χ2v) is 4.16. The molecule has 0 atom stereocenters. The third kappa shape index (κ3) is 4.55. The molecular weight excluding hydrogens is 283 g/mol. The predicted molar refractivity (Wildman–Crippen MR) is 74.8 cm³/mol. The van der Waals surface area contributed by atoms with Crippen molar-refractivity contribution in [1.29, 1.82) is 0 Å². The quantitative estimate of drug-likeness (QED) is 0.870. The smallest absolute Gasteiger partial charge is 0.404 e. The first-order valence-corrected chi connectivity index (χ1v) is 6.28. The van der Waals surface area contributed by atoms with E-state index in [0.29, 0.717) is 5.69 Å². The van der Waals surface area contributed by atoms with Gasteiger partial charge >= 0.3 is 6.36 Å². The minimum atomic E-state index is -4.73. The molecule has 0 radical (unpaired) electrons. The van der Waals surface area contributed by atoms with Crippen LogP contribution in [0.3, 0.4) is 0 Å². The topological polar surface area (TPSA) is 46.2 Å². The molecule has 2 N–H and O–H groups in total. The molecule has 0 aliphatic rings. The molecule has 0 bridgehead atoms. The molecule has 0 aliphatic carbocycles. The van der Waals surface area contributed by atoms with Crippen LogP contribution in [-0.4, -0.2) is 17.9 Å². The van der Waals surface area contributed by atoms with E-state index in [-0.39, 0.29) is 11.4 Å². The summed E-state index contributed by atoms with van der Waals surface area (Å²) in [6.07, 6.45) is -1.58. The molecule has 0 unspecified atom stereocenters. The van der Waals surface area contributed by atoms with Crippen LogP contribution in [0.25, 0.3) is 0 Å². The van der Waals surface area contributed by atoms with E-state index in [1.165, 1.54) is 24.4 Å². The van der Waals surface area contributed by atoms with Gasteiger partial charge in [0.05, 0.1) is 29.5 Å². The maximum atomic E-state index is 12.4. The van der Waals surface area contributed by atoms with Crippen molar-refractivity contribution in [1.82, 2.24) is 4.98 Å². The number of pyridine rings is 1. The number of para-hydroxylation sites is 2. The summed E-state index contributed by atoms with van der Waals surface area (Å²) in [7, 11) is 0. The SMILES string of the molecule is CCNc1cncc(Nc2ccccc2OC(F)(F)F)c1. The van der Waals surface area contributed by atoms with Gasteiger partial charge in [0.1, 0.15) is 0 Å². The molecule has 0 fully saturated rings. The molecule has 1 aromatic carbocycles. The third-order valence-electron chi connectivity index (χ3n) is 2.51. The highest BCUT2D eigenvalue weighted by molar-refractivity contribution is 5.67. The Morgan fingerprint density at radius 1 is 1.14 bits per heavy atom. The molecule has 1 aromatic heterocycles. The van der Waals surface area contributed by atoms with E-state index in [0.717, 1.165) is 12.2 Å². The van der Waals surface area contributed by atoms with Crippen LogP contribution in [0, 0.1) is 0 Å². The molecule has 2 aromatic rings. The van der Waals surface area contributed by atoms with Gasteiger partial charge in [-0.15, -0.1) is 13.2 Å². The van der Waals surface area contributed by atoms with Gasteiger partial charge in [0.2, 0.25) is 0 Å². The molecule has 0 spiro atoms. The van der Waals surface area contributed by atoms with Crippen molar-refractivity contribution in [2.75, 3.05) is 17.2 Å². The lowest BCUT2D eigenvalue weighted by Crippen LogP contribution is -2.17. The highest BCUT2D eigenvalue weighted by Gasteiger charge is 2.32. The number of ether oxygens (including phenoxy) is 1. The van der Waals surface area contributed by atoms with E-state index in [2.05, 4.69) is 20.4 Å². The third-order valence-corrected chi connectivity index (χ3v) is 2.51. The van der Waals surface area contributed by atoms with E-state index in [4.69, 9.17) is 0 Å². The molecular formula is C14H14F3N3O. The van der Waals surface area contributed by atoms with Crippen LogP contribution in [0.5, 0.6) is 5.75 Å². The van der Waals surface area contributed by atoms with Crippen LogP contribution in [0.4, 0.5) is 30.2 Å². The Morgan fingerprint density at radius 3 is 2.57 bits per heavy atom. The van der Waals surface area contributed by atoms with Crippen molar-refractivity contribution in [2.24, 2.45) is 0 Å². The van der Waals surface area contributed by atoms with Gasteiger partial charge < -0.3 is 15.4 Å². The Bertz CT molecular complexity index is 602. The lowest BCUT2D eigenvalue weighted by molar-refractivity contribution is -0.274. The number of hydrogen-bond donors (Lipinski definition) is 2. The normalized spacial score (nSPS) is 11.0. The molecule has 0 saturated heterocycles. The van der Waals surface area contributed by atoms with E-state index in [1.807, 2.05) is 6.92 Å². The van der Waals surface area contributed by atoms with Gasteiger partial charge in [-0.05, 0) is 25.1 Å². The number of alkyl halides is 3. The predicted octanol–water partition coefficient (Wildman–Crippen LogP) is 4.16. The first kappa shape index (κ1) is 15.0. The summed E-state index contributed by atoms with van der Waals surface area (Å²) in [5, 5.41) is 5.94. The monoisotopic (exact) mass is 297 g/mol. The van der Waals surface area contributed by atoms with E-state index in [1.54, 1.807) is 18.3 Å². The summed E-state index contributed by atoms with van der Waals surface area (Å²) < 4.78 is 41.0. The Hall–Kier alpha value is -2.44. The number of nitrogens with zero attached hydrogens (tertiary/aromatic N) is 1. The largest absolute Gasteiger partial charge is 0.573 e. The first-order chi connectivity index (χ1) is 9.98. The van der Waals surface area contributed by atoms with Crippen LogP contribution in [-0.2, 0) is 0 Å². The highest BCUT2D eigenvalue weighted by atomic mass is 19.4. The standard InChI is InChI=1S/C14H14F3N3O/c1-2-19-10-7-11(9-18-8-10)20-12-5-3-4-6-13(12)21-14(15,16)17/h3-9,19-20H,2H2,1H3. The molecule has 0 saturated carbocycles. The zero-order valence-electron chi connectivity index (χ0n) is 11.2. The second-order valence-electron chi connectivity index (χ2n) is 4.16. The summed E-state index contributed by atoms with van der Waals surface area (Å²) in [5.74, 6) is -0.293. The number of anilines is 3. The van der Waals surface area contributed by atoms with Gasteiger partial charge in [0, 0.05) is 6.54 Å². The van der Waals surface area contributed by atoms with Crippen molar-refractivity contribution >= 4 is 17.1 Å². The van der Waals surface area contributed by atoms with Crippen LogP contribution < -0.4 is 15.4 Å². The van der Waals surface area contributed by atoms with Crippen molar-refractivity contribution in [2.45, 2.75) is 13.3 Å². The lowest BCUT2D eigenvalue weighted by atomic mass is 10.2. The second kappa shape index (κ2) is 6.34. The number of hydrogen-bond acceptors (Lipinski definition) is 4. The van der Waals surface area contributed by atoms with Gasteiger partial charge in [0.25, 0.3) is 0 Å². The van der Waals surface area contributed by atoms with Gasteiger partial charge in [-0.25, -0.2) is 0 Å². The number of halogens is 3. The molecule has 7 heteroatoms. The Kier molecular flexibility index (Phi) is 4.52. The molecule has 1 heterocycles. The van der Waals surface area contributed by atoms with Crippen molar-refractivity contribution in [3.05, 3.63) is 42.7 Å². The summed E-state index contributed by atoms with van der Waals surface area (Å²) in [4.78, 5) is 4.02. The maximum absolute atomic E-state index is 12.4. The Balaban J connectivity index is 2.21. The molecule has 0 amide bonds. The molecule has 2 rings (SSSR count). The van der Waals surface area contributed by atoms with Gasteiger partial charge in [-0.2, -0.15) is 0 Å².